The van der Waals surface area contributed by atoms with E-state index in [1.807, 2.05) is 0 Å². The molecule has 146 valence electrons. The van der Waals surface area contributed by atoms with Gasteiger partial charge in [-0.05, 0) is 0 Å². The third-order valence-corrected chi connectivity index (χ3v) is 3.38. The van der Waals surface area contributed by atoms with Gasteiger partial charge in [0, 0.05) is 20.8 Å². The summed E-state index contributed by atoms with van der Waals surface area (Å²) in [6, 6.07) is 0. The SMILES string of the molecule is COC(=O)c1c(F)c(F)c(F)c2c1N(C(C)=O)N(C(C)=O)C(OC(C)=O)O2. The maximum Gasteiger partial charge on any atom is 0.350 e. The second-order valence-electron chi connectivity index (χ2n) is 5.21. The first-order chi connectivity index (χ1) is 12.5. The molecule has 0 bridgehead atoms. The highest BCUT2D eigenvalue weighted by atomic mass is 19.2. The Morgan fingerprint density at radius 3 is 2.00 bits per heavy atom. The quantitative estimate of drug-likeness (QED) is 0.553. The molecule has 12 heteroatoms. The fourth-order valence-electron chi connectivity index (χ4n) is 2.39. The molecule has 0 N–H and O–H groups in total. The number of nitrogens with zero attached hydrogens (tertiary/aromatic N) is 2. The number of hydrogen-bond acceptors (Lipinski definition) is 7. The largest absolute Gasteiger partial charge is 0.465 e. The van der Waals surface area contributed by atoms with Crippen LogP contribution in [0.15, 0.2) is 0 Å². The van der Waals surface area contributed by atoms with Crippen molar-refractivity contribution in [1.29, 1.82) is 0 Å². The average molecular weight is 390 g/mol. The Balaban J connectivity index is 2.90. The first-order valence-corrected chi connectivity index (χ1v) is 7.25. The van der Waals surface area contributed by atoms with E-state index >= 15 is 0 Å². The predicted octanol–water partition coefficient (Wildman–Crippen LogP) is 1.25. The van der Waals surface area contributed by atoms with Gasteiger partial charge in [0.1, 0.15) is 11.3 Å². The molecule has 1 atom stereocenters. The number of fused-ring (bicyclic) bond motifs is 1. The van der Waals surface area contributed by atoms with Crippen molar-refractivity contribution in [2.45, 2.75) is 27.2 Å². The molecular weight excluding hydrogens is 377 g/mol. The van der Waals surface area contributed by atoms with Crippen molar-refractivity contribution in [3.05, 3.63) is 23.0 Å². The second-order valence-corrected chi connectivity index (χ2v) is 5.21. The minimum absolute atomic E-state index is 0.340. The third-order valence-electron chi connectivity index (χ3n) is 3.38. The molecule has 1 aromatic rings. The molecule has 1 unspecified atom stereocenters. The highest BCUT2D eigenvalue weighted by Gasteiger charge is 2.46. The van der Waals surface area contributed by atoms with E-state index in [1.165, 1.54) is 0 Å². The highest BCUT2D eigenvalue weighted by molar-refractivity contribution is 6.05. The fourth-order valence-corrected chi connectivity index (χ4v) is 2.39. The molecular formula is C15H13F3N2O7. The molecule has 0 saturated carbocycles. The van der Waals surface area contributed by atoms with Gasteiger partial charge in [0.2, 0.25) is 17.6 Å². The van der Waals surface area contributed by atoms with Crippen molar-refractivity contribution in [2.75, 3.05) is 12.1 Å². The topological polar surface area (TPSA) is 102 Å². The number of carbonyl (C=O) groups excluding carboxylic acids is 4. The number of esters is 2. The maximum absolute atomic E-state index is 14.3. The van der Waals surface area contributed by atoms with Gasteiger partial charge < -0.3 is 14.2 Å². The van der Waals surface area contributed by atoms with Crippen molar-refractivity contribution >= 4 is 29.4 Å². The van der Waals surface area contributed by atoms with Crippen molar-refractivity contribution in [2.24, 2.45) is 0 Å². The van der Waals surface area contributed by atoms with E-state index in [0.29, 0.717) is 10.0 Å². The normalized spacial score (nSPS) is 15.6. The Morgan fingerprint density at radius 2 is 1.56 bits per heavy atom. The number of methoxy groups -OCH3 is 1. The number of halogens is 3. The Kier molecular flexibility index (Phi) is 5.28. The molecule has 0 aliphatic carbocycles. The minimum atomic E-state index is -2.09. The second kappa shape index (κ2) is 7.13. The summed E-state index contributed by atoms with van der Waals surface area (Å²) in [5, 5.41) is 0.738. The third kappa shape index (κ3) is 3.25. The number of amides is 2. The molecule has 2 rings (SSSR count). The lowest BCUT2D eigenvalue weighted by Crippen LogP contribution is -2.60. The van der Waals surface area contributed by atoms with E-state index in [9.17, 15) is 32.3 Å². The first-order valence-electron chi connectivity index (χ1n) is 7.25. The van der Waals surface area contributed by atoms with Crippen LogP contribution in [0.1, 0.15) is 31.1 Å². The molecule has 0 spiro atoms. The summed E-state index contributed by atoms with van der Waals surface area (Å²) in [7, 11) is 0.835. The number of benzene rings is 1. The zero-order valence-electron chi connectivity index (χ0n) is 14.5. The van der Waals surface area contributed by atoms with Gasteiger partial charge in [-0.15, -0.1) is 0 Å². The molecule has 0 aromatic heterocycles. The summed E-state index contributed by atoms with van der Waals surface area (Å²) >= 11 is 0. The van der Waals surface area contributed by atoms with Gasteiger partial charge in [0.15, 0.2) is 17.4 Å². The summed E-state index contributed by atoms with van der Waals surface area (Å²) in [6.07, 6.45) is -2.01. The number of hydrogen-bond donors (Lipinski definition) is 0. The summed E-state index contributed by atoms with van der Waals surface area (Å²) in [6.45, 7) is 2.74. The van der Waals surface area contributed by atoms with Crippen molar-refractivity contribution in [3.63, 3.8) is 0 Å². The molecule has 1 aliphatic heterocycles. The van der Waals surface area contributed by atoms with E-state index in [2.05, 4.69) is 4.74 Å². The Morgan fingerprint density at radius 1 is 0.963 bits per heavy atom. The van der Waals surface area contributed by atoms with Gasteiger partial charge >= 0.3 is 18.4 Å². The number of rotatable bonds is 2. The number of anilines is 1. The van der Waals surface area contributed by atoms with Gasteiger partial charge in [0.05, 0.1) is 7.11 Å². The smallest absolute Gasteiger partial charge is 0.350 e. The summed E-state index contributed by atoms with van der Waals surface area (Å²) in [5.74, 6) is -11.5. The number of carbonyl (C=O) groups is 4. The molecule has 1 aromatic carbocycles. The Labute approximate surface area is 150 Å². The molecule has 0 saturated heterocycles. The van der Waals surface area contributed by atoms with Crippen molar-refractivity contribution < 1.29 is 46.6 Å². The number of ether oxygens (including phenoxy) is 3. The maximum atomic E-state index is 14.3. The lowest BCUT2D eigenvalue weighted by Gasteiger charge is -2.42. The minimum Gasteiger partial charge on any atom is -0.465 e. The molecule has 0 fully saturated rings. The van der Waals surface area contributed by atoms with Crippen LogP contribution in [0.2, 0.25) is 0 Å². The van der Waals surface area contributed by atoms with E-state index in [4.69, 9.17) is 9.47 Å². The molecule has 2 amide bonds. The molecule has 27 heavy (non-hydrogen) atoms. The fraction of sp³-hybridized carbons (Fsp3) is 0.333. The van der Waals surface area contributed by atoms with Gasteiger partial charge in [-0.2, -0.15) is 9.40 Å². The van der Waals surface area contributed by atoms with Crippen LogP contribution in [0.25, 0.3) is 0 Å². The number of hydrazine groups is 1. The first kappa shape index (κ1) is 20.0. The van der Waals surface area contributed by atoms with Crippen LogP contribution in [0.5, 0.6) is 5.75 Å². The highest BCUT2D eigenvalue weighted by Crippen LogP contribution is 2.44. The van der Waals surface area contributed by atoms with E-state index < -0.39 is 64.6 Å². The van der Waals surface area contributed by atoms with Gasteiger partial charge in [-0.3, -0.25) is 14.4 Å². The van der Waals surface area contributed by atoms with Gasteiger partial charge in [-0.1, -0.05) is 0 Å². The lowest BCUT2D eigenvalue weighted by molar-refractivity contribution is -0.201. The Hall–Kier alpha value is -3.31. The summed E-state index contributed by atoms with van der Waals surface area (Å²) in [5.41, 5.74) is -2.10. The van der Waals surface area contributed by atoms with Crippen LogP contribution in [0.4, 0.5) is 18.9 Å². The summed E-state index contributed by atoms with van der Waals surface area (Å²) < 4.78 is 56.5. The Bertz CT molecular complexity index is 859. The molecule has 1 aliphatic rings. The van der Waals surface area contributed by atoms with Crippen LogP contribution in [0, 0.1) is 17.5 Å². The molecule has 9 nitrogen and oxygen atoms in total. The summed E-state index contributed by atoms with van der Waals surface area (Å²) in [4.78, 5) is 47.3. The van der Waals surface area contributed by atoms with Crippen LogP contribution >= 0.6 is 0 Å². The monoisotopic (exact) mass is 390 g/mol. The zero-order chi connectivity index (χ0) is 20.6. The molecule has 0 radical (unpaired) electrons. The van der Waals surface area contributed by atoms with Gasteiger partial charge in [-0.25, -0.2) is 18.6 Å². The average Bonchev–Trinajstić information content (AvgIpc) is 2.58. The predicted molar refractivity (Wildman–Crippen MR) is 79.5 cm³/mol. The molecule has 1 heterocycles. The van der Waals surface area contributed by atoms with E-state index in [-0.39, 0.29) is 0 Å². The lowest BCUT2D eigenvalue weighted by atomic mass is 10.1. The van der Waals surface area contributed by atoms with Crippen LogP contribution in [-0.4, -0.2) is 42.3 Å². The van der Waals surface area contributed by atoms with Crippen LogP contribution in [0.3, 0.4) is 0 Å². The van der Waals surface area contributed by atoms with Crippen LogP contribution < -0.4 is 9.75 Å². The zero-order valence-corrected chi connectivity index (χ0v) is 14.5. The standard InChI is InChI=1S/C15H13F3N2O7/c1-5(21)19-12-8(14(24)25-4)9(16)10(17)11(18)13(12)27-15(26-7(3)23)20(19)6(2)22/h15H,1-4H3. The van der Waals surface area contributed by atoms with Gasteiger partial charge in [0.25, 0.3) is 0 Å². The van der Waals surface area contributed by atoms with E-state index in [1.54, 1.807) is 0 Å². The van der Waals surface area contributed by atoms with E-state index in [0.717, 1.165) is 27.9 Å². The van der Waals surface area contributed by atoms with Crippen LogP contribution in [-0.2, 0) is 23.9 Å². The van der Waals surface area contributed by atoms with Crippen molar-refractivity contribution in [1.82, 2.24) is 5.01 Å². The van der Waals surface area contributed by atoms with Crippen molar-refractivity contribution in [3.8, 4) is 5.75 Å².